The van der Waals surface area contributed by atoms with E-state index >= 15 is 0 Å². The fourth-order valence-corrected chi connectivity index (χ4v) is 3.65. The zero-order valence-corrected chi connectivity index (χ0v) is 19.3. The molecule has 0 bridgehead atoms. The predicted octanol–water partition coefficient (Wildman–Crippen LogP) is 5.06. The van der Waals surface area contributed by atoms with Gasteiger partial charge in [0.1, 0.15) is 11.3 Å². The molecule has 4 rings (SSSR count). The number of amides is 1. The smallest absolute Gasteiger partial charge is 0.303 e. The van der Waals surface area contributed by atoms with Crippen LogP contribution >= 0.6 is 0 Å². The van der Waals surface area contributed by atoms with Gasteiger partial charge in [-0.15, -0.1) is 0 Å². The number of hydrogen-bond donors (Lipinski definition) is 2. The maximum Gasteiger partial charge on any atom is 0.303 e. The summed E-state index contributed by atoms with van der Waals surface area (Å²) >= 11 is 0. The van der Waals surface area contributed by atoms with Crippen LogP contribution in [-0.2, 0) is 16.0 Å². The van der Waals surface area contributed by atoms with Gasteiger partial charge in [-0.3, -0.25) is 14.5 Å². The molecule has 174 valence electrons. The number of benzene rings is 2. The van der Waals surface area contributed by atoms with Crippen molar-refractivity contribution in [1.82, 2.24) is 9.97 Å². The second kappa shape index (κ2) is 9.74. The summed E-state index contributed by atoms with van der Waals surface area (Å²) in [6.07, 6.45) is 1.82. The molecule has 2 aromatic heterocycles. The van der Waals surface area contributed by atoms with Gasteiger partial charge in [0.15, 0.2) is 5.58 Å². The minimum Gasteiger partial charge on any atom is -0.481 e. The summed E-state index contributed by atoms with van der Waals surface area (Å²) in [6, 6.07) is 17.3. The summed E-state index contributed by atoms with van der Waals surface area (Å²) in [5.41, 5.74) is 4.92. The van der Waals surface area contributed by atoms with Crippen molar-refractivity contribution in [3.05, 3.63) is 77.5 Å². The quantitative estimate of drug-likeness (QED) is 0.380. The number of anilines is 3. The largest absolute Gasteiger partial charge is 0.481 e. The van der Waals surface area contributed by atoms with Crippen molar-refractivity contribution in [2.45, 2.75) is 32.6 Å². The molecule has 2 N–H and O–H groups in total. The van der Waals surface area contributed by atoms with Gasteiger partial charge in [0.05, 0.1) is 12.8 Å². The first kappa shape index (κ1) is 23.0. The molecule has 0 fully saturated rings. The van der Waals surface area contributed by atoms with Crippen molar-refractivity contribution in [1.29, 1.82) is 0 Å². The minimum atomic E-state index is -0.856. The molecule has 8 nitrogen and oxygen atoms in total. The Bertz CT molecular complexity index is 1330. The first-order chi connectivity index (χ1) is 16.3. The number of hydrogen-bond acceptors (Lipinski definition) is 6. The highest BCUT2D eigenvalue weighted by atomic mass is 16.4. The first-order valence-corrected chi connectivity index (χ1v) is 11.0. The molecule has 34 heavy (non-hydrogen) atoms. The minimum absolute atomic E-state index is 0.0299. The van der Waals surface area contributed by atoms with E-state index in [-0.39, 0.29) is 24.7 Å². The number of para-hydroxylation sites is 1. The average molecular weight is 459 g/mol. The Hall–Kier alpha value is -4.20. The summed E-state index contributed by atoms with van der Waals surface area (Å²) in [4.78, 5) is 34.1. The molecule has 1 unspecified atom stereocenters. The number of aryl methyl sites for hydroxylation is 1. The molecule has 2 heterocycles. The summed E-state index contributed by atoms with van der Waals surface area (Å²) in [5, 5.41) is 12.1. The molecule has 0 saturated carbocycles. The molecule has 8 heteroatoms. The van der Waals surface area contributed by atoms with Crippen LogP contribution in [0.25, 0.3) is 11.1 Å². The van der Waals surface area contributed by atoms with E-state index in [1.165, 1.54) is 4.90 Å². The van der Waals surface area contributed by atoms with Crippen molar-refractivity contribution >= 4 is 40.5 Å². The normalized spacial score (nSPS) is 11.9. The van der Waals surface area contributed by atoms with E-state index in [9.17, 15) is 9.59 Å². The molecule has 0 aliphatic heterocycles. The number of aliphatic carboxylic acids is 1. The van der Waals surface area contributed by atoms with E-state index in [4.69, 9.17) is 9.52 Å². The maximum absolute atomic E-state index is 12.8. The van der Waals surface area contributed by atoms with E-state index in [0.29, 0.717) is 22.9 Å². The molecule has 0 saturated heterocycles. The summed E-state index contributed by atoms with van der Waals surface area (Å²) < 4.78 is 5.86. The van der Waals surface area contributed by atoms with E-state index in [1.54, 1.807) is 19.3 Å². The number of aromatic nitrogens is 2. The fraction of sp³-hybridized carbons (Fsp3) is 0.231. The number of carboxylic acids is 1. The molecule has 1 atom stereocenters. The lowest BCUT2D eigenvalue weighted by Crippen LogP contribution is -2.28. The van der Waals surface area contributed by atoms with E-state index in [0.717, 1.165) is 22.4 Å². The zero-order valence-electron chi connectivity index (χ0n) is 19.3. The first-order valence-electron chi connectivity index (χ1n) is 11.0. The number of fused-ring (bicyclic) bond motifs is 1. The third-order valence-corrected chi connectivity index (χ3v) is 5.73. The Balaban J connectivity index is 1.44. The van der Waals surface area contributed by atoms with E-state index < -0.39 is 5.97 Å². The van der Waals surface area contributed by atoms with Crippen LogP contribution in [0.2, 0.25) is 0 Å². The summed E-state index contributed by atoms with van der Waals surface area (Å²) in [5.74, 6) is -0.637. The molecule has 2 aromatic carbocycles. The number of rotatable bonds is 8. The number of oxazole rings is 1. The average Bonchev–Trinajstić information content (AvgIpc) is 3.21. The van der Waals surface area contributed by atoms with Crippen LogP contribution in [0.1, 0.15) is 36.0 Å². The number of nitrogens with zero attached hydrogens (tertiary/aromatic N) is 3. The van der Waals surface area contributed by atoms with Crippen molar-refractivity contribution in [3.8, 4) is 0 Å². The molecular weight excluding hydrogens is 432 g/mol. The lowest BCUT2D eigenvalue weighted by Gasteiger charge is -2.17. The molecule has 0 spiro atoms. The molecule has 0 aliphatic carbocycles. The lowest BCUT2D eigenvalue weighted by molar-refractivity contribution is -0.137. The van der Waals surface area contributed by atoms with Gasteiger partial charge in [0.25, 0.3) is 6.01 Å². The Morgan fingerprint density at radius 1 is 1.15 bits per heavy atom. The summed E-state index contributed by atoms with van der Waals surface area (Å²) in [7, 11) is 1.67. The molecule has 0 aliphatic rings. The van der Waals surface area contributed by atoms with Crippen LogP contribution in [0.15, 0.2) is 65.2 Å². The lowest BCUT2D eigenvalue weighted by atomic mass is 10.00. The Labute approximate surface area is 197 Å². The molecule has 4 aromatic rings. The van der Waals surface area contributed by atoms with Crippen LogP contribution in [0.4, 0.5) is 17.5 Å². The van der Waals surface area contributed by atoms with Crippen LogP contribution in [0.5, 0.6) is 0 Å². The Morgan fingerprint density at radius 3 is 2.65 bits per heavy atom. The number of nitrogens with one attached hydrogen (secondary N) is 1. The number of pyridine rings is 1. The van der Waals surface area contributed by atoms with Crippen molar-refractivity contribution in [2.75, 3.05) is 17.3 Å². The van der Waals surface area contributed by atoms with Crippen molar-refractivity contribution in [2.24, 2.45) is 0 Å². The SMILES string of the molecule is Cc1ccccc1Nc1nc2ccc(CC(=O)N(C)c3ccc(C(C)CC(=O)O)cn3)cc2o1. The van der Waals surface area contributed by atoms with Crippen molar-refractivity contribution < 1.29 is 19.1 Å². The van der Waals surface area contributed by atoms with E-state index in [1.807, 2.05) is 62.4 Å². The van der Waals surface area contributed by atoms with Crippen LogP contribution in [0, 0.1) is 6.92 Å². The van der Waals surface area contributed by atoms with Crippen LogP contribution in [-0.4, -0.2) is 34.0 Å². The number of carboxylic acid groups (broad SMARTS) is 1. The van der Waals surface area contributed by atoms with Gasteiger partial charge < -0.3 is 14.8 Å². The zero-order chi connectivity index (χ0) is 24.2. The second-order valence-corrected chi connectivity index (χ2v) is 8.34. The van der Waals surface area contributed by atoms with Crippen LogP contribution < -0.4 is 10.2 Å². The number of likely N-dealkylation sites (N-methyl/N-ethyl adjacent to an activating group) is 1. The van der Waals surface area contributed by atoms with Gasteiger partial charge in [-0.2, -0.15) is 4.98 Å². The van der Waals surface area contributed by atoms with Gasteiger partial charge in [-0.05, 0) is 53.8 Å². The van der Waals surface area contributed by atoms with Gasteiger partial charge in [-0.1, -0.05) is 37.3 Å². The highest BCUT2D eigenvalue weighted by Gasteiger charge is 2.16. The number of carbonyl (C=O) groups is 2. The monoisotopic (exact) mass is 458 g/mol. The highest BCUT2D eigenvalue weighted by molar-refractivity contribution is 5.93. The highest BCUT2D eigenvalue weighted by Crippen LogP contribution is 2.25. The summed E-state index contributed by atoms with van der Waals surface area (Å²) in [6.45, 7) is 3.84. The molecule has 1 amide bonds. The third kappa shape index (κ3) is 5.23. The Morgan fingerprint density at radius 2 is 1.94 bits per heavy atom. The second-order valence-electron chi connectivity index (χ2n) is 8.34. The Kier molecular flexibility index (Phi) is 6.58. The third-order valence-electron chi connectivity index (χ3n) is 5.73. The van der Waals surface area contributed by atoms with Gasteiger partial charge in [0, 0.05) is 18.9 Å². The maximum atomic E-state index is 12.8. The molecular formula is C26H26N4O4. The van der Waals surface area contributed by atoms with Gasteiger partial charge >= 0.3 is 5.97 Å². The topological polar surface area (TPSA) is 109 Å². The van der Waals surface area contributed by atoms with Gasteiger partial charge in [-0.25, -0.2) is 4.98 Å². The van der Waals surface area contributed by atoms with E-state index in [2.05, 4.69) is 15.3 Å². The predicted molar refractivity (Wildman–Crippen MR) is 130 cm³/mol. The standard InChI is InChI=1S/C26H26N4O4/c1-16-6-4-5-7-20(16)28-26-29-21-10-8-18(13-22(21)34-26)14-24(31)30(3)23-11-9-19(15-27-23)17(2)12-25(32)33/h4-11,13,15,17H,12,14H2,1-3H3,(H,28,29)(H,32,33). The molecule has 0 radical (unpaired) electrons. The van der Waals surface area contributed by atoms with Crippen LogP contribution in [0.3, 0.4) is 0 Å². The van der Waals surface area contributed by atoms with Crippen molar-refractivity contribution in [3.63, 3.8) is 0 Å². The van der Waals surface area contributed by atoms with Gasteiger partial charge in [0.2, 0.25) is 5.91 Å². The fourth-order valence-electron chi connectivity index (χ4n) is 3.65. The number of carbonyl (C=O) groups excluding carboxylic acids is 1.